The lowest BCUT2D eigenvalue weighted by Gasteiger charge is -2.33. The summed E-state index contributed by atoms with van der Waals surface area (Å²) in [6.07, 6.45) is 4.58. The minimum atomic E-state index is -0.341. The number of nitrogens with one attached hydrogen (secondary N) is 2. The molecule has 1 saturated carbocycles. The Balaban J connectivity index is 1.11. The van der Waals surface area contributed by atoms with Gasteiger partial charge in [-0.15, -0.1) is 0 Å². The molecule has 5 rings (SSSR count). The maximum atomic E-state index is 12.9. The predicted octanol–water partition coefficient (Wildman–Crippen LogP) is 3.50. The molecule has 160 valence electrons. The number of fused-ring (bicyclic) bond motifs is 1. The topological polar surface area (TPSA) is 74.4 Å². The average Bonchev–Trinajstić information content (AvgIpc) is 3.21. The van der Waals surface area contributed by atoms with Crippen LogP contribution in [0.2, 0.25) is 0 Å². The van der Waals surface area contributed by atoms with Crippen molar-refractivity contribution in [2.24, 2.45) is 5.41 Å². The lowest BCUT2D eigenvalue weighted by atomic mass is 9.92. The molecular weight excluding hydrogens is 397 g/mol. The third kappa shape index (κ3) is 4.00. The second-order valence-corrected chi connectivity index (χ2v) is 8.50. The Hall–Kier alpha value is -3.35. The third-order valence-electron chi connectivity index (χ3n) is 6.56. The van der Waals surface area contributed by atoms with Crippen LogP contribution in [0.3, 0.4) is 0 Å². The molecule has 0 bridgehead atoms. The second-order valence-electron chi connectivity index (χ2n) is 8.50. The van der Waals surface area contributed by atoms with Gasteiger partial charge in [-0.05, 0) is 73.2 Å². The predicted molar refractivity (Wildman–Crippen MR) is 114 cm³/mol. The summed E-state index contributed by atoms with van der Waals surface area (Å²) >= 11 is 0. The van der Waals surface area contributed by atoms with E-state index < -0.39 is 0 Å². The molecule has 1 unspecified atom stereocenters. The first kappa shape index (κ1) is 19.6. The summed E-state index contributed by atoms with van der Waals surface area (Å²) in [6, 6.07) is 13.4. The summed E-state index contributed by atoms with van der Waals surface area (Å²) < 4.78 is 18.3. The summed E-state index contributed by atoms with van der Waals surface area (Å²) in [5.74, 6) is 0.00895. The fraction of sp³-hybridized carbons (Fsp3) is 0.333. The average molecular weight is 421 g/mol. The van der Waals surface area contributed by atoms with Crippen LogP contribution in [-0.4, -0.2) is 47.4 Å². The van der Waals surface area contributed by atoms with E-state index in [9.17, 15) is 14.0 Å². The Morgan fingerprint density at radius 1 is 1.13 bits per heavy atom. The van der Waals surface area contributed by atoms with Gasteiger partial charge in [0, 0.05) is 41.8 Å². The van der Waals surface area contributed by atoms with E-state index in [0.29, 0.717) is 24.4 Å². The molecule has 6 nitrogen and oxygen atoms in total. The molecule has 1 aromatic heterocycles. The van der Waals surface area contributed by atoms with Crippen LogP contribution in [0.1, 0.15) is 29.6 Å². The number of rotatable bonds is 5. The minimum Gasteiger partial charge on any atom is -0.484 e. The monoisotopic (exact) mass is 421 g/mol. The standard InChI is InChI=1S/C24H24FN3O3/c25-18-2-4-19(5-3-18)31-15-22(29)27-21-14-24(21)8-11-28(12-9-24)23(30)17-1-6-20-16(13-17)7-10-26-20/h1-7,10,13,21,26H,8-9,11-12,14-15H2,(H,27,29). The number of carbonyl (C=O) groups is 2. The van der Waals surface area contributed by atoms with Crippen LogP contribution >= 0.6 is 0 Å². The number of hydrogen-bond acceptors (Lipinski definition) is 3. The van der Waals surface area contributed by atoms with Crippen molar-refractivity contribution in [2.45, 2.75) is 25.3 Å². The zero-order valence-electron chi connectivity index (χ0n) is 17.1. The Morgan fingerprint density at radius 3 is 2.68 bits per heavy atom. The summed E-state index contributed by atoms with van der Waals surface area (Å²) in [6.45, 7) is 1.30. The van der Waals surface area contributed by atoms with Crippen LogP contribution in [0.4, 0.5) is 4.39 Å². The van der Waals surface area contributed by atoms with Crippen molar-refractivity contribution in [2.75, 3.05) is 19.7 Å². The van der Waals surface area contributed by atoms with Crippen molar-refractivity contribution in [1.29, 1.82) is 0 Å². The summed E-state index contributed by atoms with van der Waals surface area (Å²) in [5, 5.41) is 4.08. The van der Waals surface area contributed by atoms with Crippen LogP contribution in [0, 0.1) is 11.2 Å². The SMILES string of the molecule is O=C(COc1ccc(F)cc1)NC1CC12CCN(C(=O)c1ccc3[nH]ccc3c1)CC2. The van der Waals surface area contributed by atoms with Gasteiger partial charge in [0.2, 0.25) is 0 Å². The molecule has 31 heavy (non-hydrogen) atoms. The van der Waals surface area contributed by atoms with E-state index in [0.717, 1.165) is 30.2 Å². The van der Waals surface area contributed by atoms with Crippen molar-refractivity contribution in [3.05, 3.63) is 66.1 Å². The quantitative estimate of drug-likeness (QED) is 0.662. The highest BCUT2D eigenvalue weighted by Gasteiger charge is 2.55. The van der Waals surface area contributed by atoms with Gasteiger partial charge in [0.1, 0.15) is 11.6 Å². The van der Waals surface area contributed by atoms with Gasteiger partial charge in [-0.25, -0.2) is 4.39 Å². The number of halogens is 1. The van der Waals surface area contributed by atoms with Gasteiger partial charge in [0.15, 0.2) is 6.61 Å². The van der Waals surface area contributed by atoms with Crippen LogP contribution in [0.5, 0.6) is 5.75 Å². The highest BCUT2D eigenvalue weighted by Crippen LogP contribution is 2.54. The molecule has 2 amide bonds. The Labute approximate surface area is 179 Å². The van der Waals surface area contributed by atoms with E-state index in [1.54, 1.807) is 0 Å². The number of H-pyrrole nitrogens is 1. The van der Waals surface area contributed by atoms with E-state index in [1.807, 2.05) is 35.4 Å². The number of benzene rings is 2. The molecule has 1 saturated heterocycles. The first-order valence-electron chi connectivity index (χ1n) is 10.6. The van der Waals surface area contributed by atoms with Crippen molar-refractivity contribution < 1.29 is 18.7 Å². The maximum Gasteiger partial charge on any atom is 0.258 e. The number of piperidine rings is 1. The van der Waals surface area contributed by atoms with Gasteiger partial charge in [0.25, 0.3) is 11.8 Å². The number of hydrogen-bond donors (Lipinski definition) is 2. The van der Waals surface area contributed by atoms with Crippen molar-refractivity contribution in [3.63, 3.8) is 0 Å². The number of amides is 2. The van der Waals surface area contributed by atoms with Gasteiger partial charge in [0.05, 0.1) is 0 Å². The fourth-order valence-corrected chi connectivity index (χ4v) is 4.54. The van der Waals surface area contributed by atoms with Gasteiger partial charge >= 0.3 is 0 Å². The van der Waals surface area contributed by atoms with E-state index in [4.69, 9.17) is 4.74 Å². The summed E-state index contributed by atoms with van der Waals surface area (Å²) in [4.78, 5) is 30.2. The smallest absolute Gasteiger partial charge is 0.258 e. The second kappa shape index (κ2) is 7.72. The van der Waals surface area contributed by atoms with E-state index >= 15 is 0 Å². The molecule has 7 heteroatoms. The first-order valence-corrected chi connectivity index (χ1v) is 10.6. The van der Waals surface area contributed by atoms with Crippen molar-refractivity contribution in [3.8, 4) is 5.75 Å². The molecule has 1 aliphatic heterocycles. The molecule has 2 heterocycles. The van der Waals surface area contributed by atoms with Gasteiger partial charge in [-0.2, -0.15) is 0 Å². The fourth-order valence-electron chi connectivity index (χ4n) is 4.54. The van der Waals surface area contributed by atoms with E-state index in [2.05, 4.69) is 10.3 Å². The maximum absolute atomic E-state index is 12.9. The molecule has 2 aromatic carbocycles. The highest BCUT2D eigenvalue weighted by molar-refractivity contribution is 5.98. The molecule has 2 fully saturated rings. The van der Waals surface area contributed by atoms with Crippen LogP contribution in [0.15, 0.2) is 54.7 Å². The normalized spacial score (nSPS) is 19.4. The first-order chi connectivity index (χ1) is 15.0. The van der Waals surface area contributed by atoms with Crippen LogP contribution in [0.25, 0.3) is 10.9 Å². The Bertz CT molecular complexity index is 1120. The minimum absolute atomic E-state index is 0.0619. The number of ether oxygens (including phenoxy) is 1. The zero-order valence-corrected chi connectivity index (χ0v) is 17.1. The molecule has 1 atom stereocenters. The van der Waals surface area contributed by atoms with Gasteiger partial charge in [-0.1, -0.05) is 0 Å². The number of aromatic amines is 1. The number of aromatic nitrogens is 1. The highest BCUT2D eigenvalue weighted by atomic mass is 19.1. The summed E-state index contributed by atoms with van der Waals surface area (Å²) in [5.41, 5.74) is 1.82. The largest absolute Gasteiger partial charge is 0.484 e. The number of nitrogens with zero attached hydrogens (tertiary/aromatic N) is 1. The van der Waals surface area contributed by atoms with E-state index in [-0.39, 0.29) is 35.7 Å². The molecule has 2 N–H and O–H groups in total. The van der Waals surface area contributed by atoms with Crippen molar-refractivity contribution >= 4 is 22.7 Å². The molecule has 0 radical (unpaired) electrons. The van der Waals surface area contributed by atoms with E-state index in [1.165, 1.54) is 24.3 Å². The lowest BCUT2D eigenvalue weighted by Crippen LogP contribution is -2.42. The lowest BCUT2D eigenvalue weighted by molar-refractivity contribution is -0.123. The molecule has 1 aliphatic carbocycles. The molecular formula is C24H24FN3O3. The van der Waals surface area contributed by atoms with Crippen LogP contribution in [-0.2, 0) is 4.79 Å². The molecule has 2 aliphatic rings. The van der Waals surface area contributed by atoms with Crippen molar-refractivity contribution in [1.82, 2.24) is 15.2 Å². The number of likely N-dealkylation sites (tertiary alicyclic amines) is 1. The Morgan fingerprint density at radius 2 is 1.90 bits per heavy atom. The van der Waals surface area contributed by atoms with Crippen LogP contribution < -0.4 is 10.1 Å². The van der Waals surface area contributed by atoms with Gasteiger partial charge in [-0.3, -0.25) is 9.59 Å². The molecule has 3 aromatic rings. The summed E-state index contributed by atoms with van der Waals surface area (Å²) in [7, 11) is 0. The molecule has 1 spiro atoms. The number of carbonyl (C=O) groups excluding carboxylic acids is 2. The Kier molecular flexibility index (Phi) is 4.88. The zero-order chi connectivity index (χ0) is 21.4. The third-order valence-corrected chi connectivity index (χ3v) is 6.56. The van der Waals surface area contributed by atoms with Gasteiger partial charge < -0.3 is 19.9 Å².